The molecule has 0 bridgehead atoms. The molecule has 0 atom stereocenters. The zero-order chi connectivity index (χ0) is 12.9. The van der Waals surface area contributed by atoms with E-state index in [1.807, 2.05) is 0 Å². The first-order chi connectivity index (χ1) is 8.00. The van der Waals surface area contributed by atoms with Gasteiger partial charge in [-0.25, -0.2) is 0 Å². The van der Waals surface area contributed by atoms with Gasteiger partial charge in [0, 0.05) is 5.02 Å². The lowest BCUT2D eigenvalue weighted by Crippen LogP contribution is -1.99. The Morgan fingerprint density at radius 1 is 1.29 bits per heavy atom. The number of rotatable bonds is 6. The SMILES string of the molecule is CCOP(=O)(Cc1ccc(O)cc1Cl)OCC. The maximum atomic E-state index is 12.3. The van der Waals surface area contributed by atoms with Crippen LogP contribution in [0.5, 0.6) is 5.75 Å². The van der Waals surface area contributed by atoms with Crippen molar-refractivity contribution in [2.45, 2.75) is 20.0 Å². The van der Waals surface area contributed by atoms with Crippen LogP contribution in [0.2, 0.25) is 5.02 Å². The van der Waals surface area contributed by atoms with E-state index in [2.05, 4.69) is 0 Å². The highest BCUT2D eigenvalue weighted by molar-refractivity contribution is 7.53. The number of phenolic OH excluding ortho intramolecular Hbond substituents is 1. The van der Waals surface area contributed by atoms with E-state index in [0.717, 1.165) is 0 Å². The summed E-state index contributed by atoms with van der Waals surface area (Å²) < 4.78 is 22.6. The quantitative estimate of drug-likeness (QED) is 0.804. The van der Waals surface area contributed by atoms with Crippen molar-refractivity contribution >= 4 is 19.2 Å². The molecule has 1 aromatic rings. The van der Waals surface area contributed by atoms with E-state index in [-0.39, 0.29) is 11.9 Å². The molecule has 6 heteroatoms. The number of benzene rings is 1. The van der Waals surface area contributed by atoms with Gasteiger partial charge in [-0.15, -0.1) is 0 Å². The summed E-state index contributed by atoms with van der Waals surface area (Å²) in [4.78, 5) is 0. The van der Waals surface area contributed by atoms with Crippen molar-refractivity contribution in [2.24, 2.45) is 0 Å². The summed E-state index contributed by atoms with van der Waals surface area (Å²) in [5, 5.41) is 9.58. The van der Waals surface area contributed by atoms with E-state index < -0.39 is 7.60 Å². The van der Waals surface area contributed by atoms with Crippen molar-refractivity contribution in [3.05, 3.63) is 28.8 Å². The van der Waals surface area contributed by atoms with Gasteiger partial charge in [0.25, 0.3) is 0 Å². The Morgan fingerprint density at radius 3 is 2.35 bits per heavy atom. The molecule has 0 amide bonds. The van der Waals surface area contributed by atoms with Crippen molar-refractivity contribution in [3.8, 4) is 5.75 Å². The van der Waals surface area contributed by atoms with Crippen LogP contribution in [0.3, 0.4) is 0 Å². The molecule has 0 radical (unpaired) electrons. The number of phenols is 1. The van der Waals surface area contributed by atoms with Crippen molar-refractivity contribution < 1.29 is 18.7 Å². The van der Waals surface area contributed by atoms with Gasteiger partial charge in [0.2, 0.25) is 0 Å². The fourth-order valence-electron chi connectivity index (χ4n) is 1.40. The summed E-state index contributed by atoms with van der Waals surface area (Å²) in [5.74, 6) is 0.0707. The van der Waals surface area contributed by atoms with E-state index in [9.17, 15) is 9.67 Å². The molecule has 0 aliphatic carbocycles. The fourth-order valence-corrected chi connectivity index (χ4v) is 3.47. The average Bonchev–Trinajstić information content (AvgIpc) is 2.23. The smallest absolute Gasteiger partial charge is 0.335 e. The van der Waals surface area contributed by atoms with Crippen LogP contribution >= 0.6 is 19.2 Å². The second-order valence-electron chi connectivity index (χ2n) is 3.38. The summed E-state index contributed by atoms with van der Waals surface area (Å²) in [7, 11) is -3.15. The molecule has 0 aliphatic rings. The van der Waals surface area contributed by atoms with Crippen LogP contribution < -0.4 is 0 Å². The second kappa shape index (κ2) is 6.41. The van der Waals surface area contributed by atoms with Crippen LogP contribution in [0.25, 0.3) is 0 Å². The van der Waals surface area contributed by atoms with Gasteiger partial charge in [0.15, 0.2) is 0 Å². The lowest BCUT2D eigenvalue weighted by molar-refractivity contribution is 0.219. The Hall–Kier alpha value is -0.540. The largest absolute Gasteiger partial charge is 0.508 e. The third-order valence-corrected chi connectivity index (χ3v) is 4.44. The molecule has 4 nitrogen and oxygen atoms in total. The van der Waals surface area contributed by atoms with Gasteiger partial charge in [0.05, 0.1) is 19.4 Å². The Kier molecular flexibility index (Phi) is 5.47. The van der Waals surface area contributed by atoms with Crippen molar-refractivity contribution in [1.29, 1.82) is 0 Å². The molecule has 0 aromatic heterocycles. The Labute approximate surface area is 106 Å². The molecule has 1 rings (SSSR count). The zero-order valence-electron chi connectivity index (χ0n) is 9.85. The molecule has 1 N–H and O–H groups in total. The van der Waals surface area contributed by atoms with Gasteiger partial charge in [-0.2, -0.15) is 0 Å². The molecule has 0 unspecified atom stereocenters. The predicted molar refractivity (Wildman–Crippen MR) is 67.7 cm³/mol. The molecular weight excluding hydrogens is 263 g/mol. The molecule has 0 spiro atoms. The Balaban J connectivity index is 2.89. The first kappa shape index (κ1) is 14.5. The molecule has 96 valence electrons. The second-order valence-corrected chi connectivity index (χ2v) is 5.84. The van der Waals surface area contributed by atoms with Crippen molar-refractivity contribution in [3.63, 3.8) is 0 Å². The van der Waals surface area contributed by atoms with Gasteiger partial charge < -0.3 is 14.2 Å². The summed E-state index contributed by atoms with van der Waals surface area (Å²) >= 11 is 5.94. The third-order valence-electron chi connectivity index (χ3n) is 2.05. The highest BCUT2D eigenvalue weighted by atomic mass is 35.5. The zero-order valence-corrected chi connectivity index (χ0v) is 11.5. The van der Waals surface area contributed by atoms with E-state index in [1.54, 1.807) is 19.9 Å². The van der Waals surface area contributed by atoms with Crippen LogP contribution in [0.15, 0.2) is 18.2 Å². The fraction of sp³-hybridized carbons (Fsp3) is 0.455. The van der Waals surface area contributed by atoms with E-state index in [4.69, 9.17) is 20.6 Å². The summed E-state index contributed by atoms with van der Waals surface area (Å²) in [6.07, 6.45) is 0.105. The minimum Gasteiger partial charge on any atom is -0.508 e. The predicted octanol–water partition coefficient (Wildman–Crippen LogP) is 3.81. The highest BCUT2D eigenvalue weighted by Crippen LogP contribution is 2.52. The molecule has 1 aromatic carbocycles. The normalized spacial score (nSPS) is 11.7. The number of aromatic hydroxyl groups is 1. The molecule has 0 aliphatic heterocycles. The van der Waals surface area contributed by atoms with Crippen LogP contribution in [-0.4, -0.2) is 18.3 Å². The standard InChI is InChI=1S/C11H16ClO4P/c1-3-15-17(14,16-4-2)8-9-5-6-10(13)7-11(9)12/h5-7,13H,3-4,8H2,1-2H3. The van der Waals surface area contributed by atoms with Crippen LogP contribution in [0, 0.1) is 0 Å². The molecule has 0 saturated heterocycles. The molecule has 0 fully saturated rings. The lowest BCUT2D eigenvalue weighted by atomic mass is 10.2. The lowest BCUT2D eigenvalue weighted by Gasteiger charge is -2.17. The maximum absolute atomic E-state index is 12.3. The first-order valence-corrected chi connectivity index (χ1v) is 7.47. The van der Waals surface area contributed by atoms with Gasteiger partial charge >= 0.3 is 7.60 Å². The summed E-state index contributed by atoms with van der Waals surface area (Å²) in [5.41, 5.74) is 0.634. The number of hydrogen-bond donors (Lipinski definition) is 1. The van der Waals surface area contributed by atoms with Gasteiger partial charge in [-0.1, -0.05) is 17.7 Å². The molecular formula is C11H16ClO4P. The summed E-state index contributed by atoms with van der Waals surface area (Å²) in [6.45, 7) is 4.13. The van der Waals surface area contributed by atoms with Gasteiger partial charge in [-0.05, 0) is 31.5 Å². The van der Waals surface area contributed by atoms with Gasteiger partial charge in [-0.3, -0.25) is 4.57 Å². The molecule has 17 heavy (non-hydrogen) atoms. The van der Waals surface area contributed by atoms with Crippen LogP contribution in [0.1, 0.15) is 19.4 Å². The number of hydrogen-bond acceptors (Lipinski definition) is 4. The Bertz CT molecular complexity index is 412. The molecule has 0 heterocycles. The van der Waals surface area contributed by atoms with E-state index in [1.165, 1.54) is 12.1 Å². The van der Waals surface area contributed by atoms with E-state index >= 15 is 0 Å². The third kappa shape index (κ3) is 4.32. The average molecular weight is 279 g/mol. The van der Waals surface area contributed by atoms with E-state index in [0.29, 0.717) is 23.8 Å². The monoisotopic (exact) mass is 278 g/mol. The minimum atomic E-state index is -3.15. The number of halogens is 1. The van der Waals surface area contributed by atoms with Crippen LogP contribution in [-0.2, 0) is 19.8 Å². The minimum absolute atomic E-state index is 0.0707. The van der Waals surface area contributed by atoms with Gasteiger partial charge in [0.1, 0.15) is 5.75 Å². The van der Waals surface area contributed by atoms with Crippen molar-refractivity contribution in [2.75, 3.05) is 13.2 Å². The maximum Gasteiger partial charge on any atom is 0.335 e. The van der Waals surface area contributed by atoms with Crippen LogP contribution in [0.4, 0.5) is 0 Å². The topological polar surface area (TPSA) is 55.8 Å². The highest BCUT2D eigenvalue weighted by Gasteiger charge is 2.25. The van der Waals surface area contributed by atoms with Crippen molar-refractivity contribution in [1.82, 2.24) is 0 Å². The molecule has 0 saturated carbocycles. The Morgan fingerprint density at radius 2 is 1.88 bits per heavy atom. The first-order valence-electron chi connectivity index (χ1n) is 5.36. The summed E-state index contributed by atoms with van der Waals surface area (Å²) in [6, 6.07) is 4.50.